The highest BCUT2D eigenvalue weighted by atomic mass is 16.6. The molecule has 1 N–H and O–H groups in total. The van der Waals surface area contributed by atoms with Crippen LogP contribution >= 0.6 is 0 Å². The number of likely N-dealkylation sites (N-methyl/N-ethyl adjacent to an activating group) is 1. The molecule has 14 heteroatoms. The van der Waals surface area contributed by atoms with Crippen LogP contribution in [0, 0.1) is 10.8 Å². The third-order valence-electron chi connectivity index (χ3n) is 15.0. The molecule has 14 nitrogen and oxygen atoms in total. The summed E-state index contributed by atoms with van der Waals surface area (Å²) in [6.07, 6.45) is 11.0. The minimum absolute atomic E-state index is 0.150. The van der Waals surface area contributed by atoms with Crippen molar-refractivity contribution in [2.75, 3.05) is 72.1 Å². The van der Waals surface area contributed by atoms with Gasteiger partial charge in [-0.25, -0.2) is 19.2 Å². The number of carbonyl (C=O) groups excluding carboxylic acids is 4. The van der Waals surface area contributed by atoms with E-state index in [4.69, 9.17) is 18.9 Å². The fourth-order valence-corrected chi connectivity index (χ4v) is 11.8. The average molecular weight is 759 g/mol. The molecule has 8 aliphatic rings. The summed E-state index contributed by atoms with van der Waals surface area (Å²) in [5.41, 5.74) is -0.305. The van der Waals surface area contributed by atoms with Crippen molar-refractivity contribution in [3.8, 4) is 0 Å². The normalized spacial score (nSPS) is 31.4. The lowest BCUT2D eigenvalue weighted by molar-refractivity contribution is -0.0594. The standard InChI is InChI=1S/C21H35N3O4.C19H31N3O4/c1-5-24-18(26)28-21(19(24,3)4)9-11-22(12-10-21)16-7-8-20(13-16)14-23(15-20)17(25)27-6-2;1-3-15-19(26-16(23)20-15)7-9-21(10-8-19)14-5-6-18(11-14)12-22(13-18)17(24)25-4-2/h16H,5-15H2,1-4H3;14-15H,3-13H2,1-2H3,(H,20,23). The second-order valence-electron chi connectivity index (χ2n) is 18.2. The number of nitrogens with one attached hydrogen (secondary N) is 1. The van der Waals surface area contributed by atoms with Crippen molar-refractivity contribution in [1.82, 2.24) is 29.8 Å². The van der Waals surface area contributed by atoms with Gasteiger partial charge in [0.05, 0.1) is 24.8 Å². The Bertz CT molecular complexity index is 1410. The summed E-state index contributed by atoms with van der Waals surface area (Å²) in [7, 11) is 0. The Hall–Kier alpha value is -3.00. The number of amides is 4. The molecule has 0 aromatic heterocycles. The fraction of sp³-hybridized carbons (Fsp3) is 0.900. The van der Waals surface area contributed by atoms with Crippen LogP contribution in [0.15, 0.2) is 0 Å². The van der Waals surface area contributed by atoms with Gasteiger partial charge in [0.15, 0.2) is 0 Å². The first-order valence-electron chi connectivity index (χ1n) is 21.1. The smallest absolute Gasteiger partial charge is 0.410 e. The topological polar surface area (TPSA) is 133 Å². The Balaban J connectivity index is 0.000000167. The predicted molar refractivity (Wildman–Crippen MR) is 201 cm³/mol. The maximum Gasteiger partial charge on any atom is 0.410 e. The van der Waals surface area contributed by atoms with Gasteiger partial charge in [-0.3, -0.25) is 4.90 Å². The van der Waals surface area contributed by atoms with Gasteiger partial charge in [-0.15, -0.1) is 0 Å². The summed E-state index contributed by atoms with van der Waals surface area (Å²) in [4.78, 5) is 58.5. The van der Waals surface area contributed by atoms with Crippen LogP contribution in [0.4, 0.5) is 19.2 Å². The number of likely N-dealkylation sites (tertiary alicyclic amines) is 4. The Kier molecular flexibility index (Phi) is 10.8. The van der Waals surface area contributed by atoms with Gasteiger partial charge in [-0.05, 0) is 79.6 Å². The van der Waals surface area contributed by atoms with Crippen LogP contribution < -0.4 is 5.32 Å². The van der Waals surface area contributed by atoms with E-state index >= 15 is 0 Å². The number of hydrogen-bond donors (Lipinski definition) is 1. The highest BCUT2D eigenvalue weighted by Gasteiger charge is 2.61. The molecule has 2 saturated carbocycles. The van der Waals surface area contributed by atoms with Crippen molar-refractivity contribution in [1.29, 1.82) is 0 Å². The van der Waals surface area contributed by atoms with Gasteiger partial charge < -0.3 is 43.9 Å². The van der Waals surface area contributed by atoms with E-state index in [-0.39, 0.29) is 47.2 Å². The third-order valence-corrected chi connectivity index (χ3v) is 15.0. The summed E-state index contributed by atoms with van der Waals surface area (Å²) in [6, 6.07) is 1.34. The zero-order chi connectivity index (χ0) is 38.5. The molecule has 4 spiro atoms. The number of ether oxygens (including phenoxy) is 4. The fourth-order valence-electron chi connectivity index (χ4n) is 11.8. The Morgan fingerprint density at radius 3 is 1.63 bits per heavy atom. The molecule has 2 aliphatic carbocycles. The molecule has 3 atom stereocenters. The van der Waals surface area contributed by atoms with Crippen LogP contribution in [0.1, 0.15) is 112 Å². The van der Waals surface area contributed by atoms with Crippen molar-refractivity contribution >= 4 is 24.4 Å². The van der Waals surface area contributed by atoms with E-state index in [2.05, 4.69) is 35.9 Å². The Morgan fingerprint density at radius 2 is 1.20 bits per heavy atom. The van der Waals surface area contributed by atoms with E-state index in [1.807, 2.05) is 35.5 Å². The molecule has 0 aromatic carbocycles. The first-order valence-corrected chi connectivity index (χ1v) is 21.1. The zero-order valence-corrected chi connectivity index (χ0v) is 33.8. The number of carbonyl (C=O) groups is 4. The minimum atomic E-state index is -0.357. The van der Waals surface area contributed by atoms with E-state index in [1.54, 1.807) is 0 Å². The molecule has 54 heavy (non-hydrogen) atoms. The molecule has 8 fully saturated rings. The van der Waals surface area contributed by atoms with E-state index in [0.717, 1.165) is 84.5 Å². The quantitative estimate of drug-likeness (QED) is 0.350. The lowest BCUT2D eigenvalue weighted by atomic mass is 9.75. The molecule has 6 saturated heterocycles. The van der Waals surface area contributed by atoms with E-state index in [0.29, 0.717) is 42.7 Å². The molecule has 304 valence electrons. The van der Waals surface area contributed by atoms with Gasteiger partial charge in [-0.2, -0.15) is 0 Å². The van der Waals surface area contributed by atoms with Crippen LogP contribution in [0.3, 0.4) is 0 Å². The van der Waals surface area contributed by atoms with Crippen molar-refractivity contribution in [2.24, 2.45) is 10.8 Å². The number of nitrogens with zero attached hydrogens (tertiary/aromatic N) is 5. The average Bonchev–Trinajstić information content (AvgIpc) is 3.87. The minimum Gasteiger partial charge on any atom is -0.450 e. The molecular formula is C40H66N6O8. The van der Waals surface area contributed by atoms with Crippen LogP contribution in [-0.2, 0) is 18.9 Å². The van der Waals surface area contributed by atoms with E-state index in [9.17, 15) is 19.2 Å². The van der Waals surface area contributed by atoms with Gasteiger partial charge in [-0.1, -0.05) is 6.92 Å². The SMILES string of the molecule is CCOC(=O)N1CC2(CCC(N3CCC4(CC3)OC(=O)N(CC)C4(C)C)C2)C1.CCOC(=O)N1CC2(CCC(N3CCC4(CC3)OC(=O)NC4CC)C2)C1. The summed E-state index contributed by atoms with van der Waals surface area (Å²) in [5.74, 6) is 0. The van der Waals surface area contributed by atoms with Crippen molar-refractivity contribution < 1.29 is 38.1 Å². The van der Waals surface area contributed by atoms with Crippen LogP contribution in [0.2, 0.25) is 0 Å². The summed E-state index contributed by atoms with van der Waals surface area (Å²) >= 11 is 0. The van der Waals surface area contributed by atoms with Crippen molar-refractivity contribution in [3.05, 3.63) is 0 Å². The van der Waals surface area contributed by atoms with Gasteiger partial charge in [0.25, 0.3) is 0 Å². The molecule has 3 unspecified atom stereocenters. The molecule has 0 radical (unpaired) electrons. The lowest BCUT2D eigenvalue weighted by Crippen LogP contribution is -2.60. The number of rotatable bonds is 6. The Labute approximate surface area is 321 Å². The number of hydrogen-bond acceptors (Lipinski definition) is 10. The van der Waals surface area contributed by atoms with Gasteiger partial charge >= 0.3 is 24.4 Å². The lowest BCUT2D eigenvalue weighted by Gasteiger charge is -2.49. The van der Waals surface area contributed by atoms with Gasteiger partial charge in [0.2, 0.25) is 0 Å². The van der Waals surface area contributed by atoms with E-state index in [1.165, 1.54) is 38.5 Å². The zero-order valence-electron chi connectivity index (χ0n) is 33.8. The number of alkyl carbamates (subject to hydrolysis) is 1. The second-order valence-corrected chi connectivity index (χ2v) is 18.2. The maximum absolute atomic E-state index is 12.3. The van der Waals surface area contributed by atoms with Gasteiger partial charge in [0, 0.05) is 107 Å². The van der Waals surface area contributed by atoms with Crippen LogP contribution in [0.25, 0.3) is 0 Å². The number of piperidine rings is 2. The second kappa shape index (κ2) is 14.8. The predicted octanol–water partition coefficient (Wildman–Crippen LogP) is 5.43. The largest absolute Gasteiger partial charge is 0.450 e. The third kappa shape index (κ3) is 6.89. The maximum atomic E-state index is 12.3. The summed E-state index contributed by atoms with van der Waals surface area (Å²) in [6.45, 7) is 21.1. The first-order chi connectivity index (χ1) is 25.7. The van der Waals surface area contributed by atoms with Crippen LogP contribution in [-0.4, -0.2) is 156 Å². The molecule has 6 aliphatic heterocycles. The van der Waals surface area contributed by atoms with E-state index < -0.39 is 0 Å². The monoisotopic (exact) mass is 758 g/mol. The molecule has 4 amide bonds. The van der Waals surface area contributed by atoms with Gasteiger partial charge in [0.1, 0.15) is 11.2 Å². The summed E-state index contributed by atoms with van der Waals surface area (Å²) in [5, 5.41) is 2.98. The molecule has 0 bridgehead atoms. The molecule has 8 rings (SSSR count). The Morgan fingerprint density at radius 1 is 0.722 bits per heavy atom. The highest BCUT2D eigenvalue weighted by molar-refractivity contribution is 5.73. The van der Waals surface area contributed by atoms with Crippen LogP contribution in [0.5, 0.6) is 0 Å². The molecular weight excluding hydrogens is 692 g/mol. The first kappa shape index (κ1) is 39.2. The van der Waals surface area contributed by atoms with Crippen molar-refractivity contribution in [2.45, 2.75) is 147 Å². The van der Waals surface area contributed by atoms with Crippen molar-refractivity contribution in [3.63, 3.8) is 0 Å². The summed E-state index contributed by atoms with van der Waals surface area (Å²) < 4.78 is 21.9. The molecule has 0 aromatic rings. The highest BCUT2D eigenvalue weighted by Crippen LogP contribution is 2.51. The molecule has 6 heterocycles.